The third kappa shape index (κ3) is 5.17. The molecule has 0 fully saturated rings. The molecule has 0 spiro atoms. The Bertz CT molecular complexity index is 1440. The lowest BCUT2D eigenvalue weighted by atomic mass is 10.0. The zero-order valence-corrected chi connectivity index (χ0v) is 17.4. The summed E-state index contributed by atoms with van der Waals surface area (Å²) in [5, 5.41) is 3.29. The normalized spacial score (nSPS) is 11.8. The van der Waals surface area contributed by atoms with Crippen LogP contribution in [0.25, 0.3) is 23.2 Å². The standard InChI is InChI=1S/C25H18F3N3O2/c1-15-5-7-19(24(33)30-21-4-2-3-20(13-21)25(26,27)28)12-17(15)8-6-16-11-18-9-10-22(32)31-23(18)29-14-16/h2-14H,1H3,(H,30,33)(H,29,31,32)/b8-6+. The molecular formula is C25H18F3N3O2. The van der Waals surface area contributed by atoms with Gasteiger partial charge in [-0.05, 0) is 66.1 Å². The van der Waals surface area contributed by atoms with Crippen molar-refractivity contribution < 1.29 is 18.0 Å². The molecule has 4 rings (SSSR count). The monoisotopic (exact) mass is 449 g/mol. The van der Waals surface area contributed by atoms with E-state index in [0.717, 1.165) is 34.2 Å². The minimum Gasteiger partial charge on any atom is -0.322 e. The van der Waals surface area contributed by atoms with Crippen LogP contribution in [0.5, 0.6) is 0 Å². The quantitative estimate of drug-likeness (QED) is 0.421. The molecule has 0 aliphatic rings. The van der Waals surface area contributed by atoms with Crippen LogP contribution in [-0.4, -0.2) is 15.9 Å². The molecule has 2 N–H and O–H groups in total. The van der Waals surface area contributed by atoms with Crippen molar-refractivity contribution in [3.8, 4) is 0 Å². The van der Waals surface area contributed by atoms with E-state index in [0.29, 0.717) is 11.2 Å². The molecule has 2 aromatic heterocycles. The first kappa shape index (κ1) is 22.0. The van der Waals surface area contributed by atoms with Crippen LogP contribution in [0.4, 0.5) is 18.9 Å². The lowest BCUT2D eigenvalue weighted by molar-refractivity contribution is -0.137. The number of amides is 1. The molecule has 0 aliphatic carbocycles. The maximum absolute atomic E-state index is 12.9. The molecule has 5 nitrogen and oxygen atoms in total. The number of anilines is 1. The fourth-order valence-corrected chi connectivity index (χ4v) is 3.27. The van der Waals surface area contributed by atoms with E-state index in [4.69, 9.17) is 0 Å². The van der Waals surface area contributed by atoms with Crippen LogP contribution >= 0.6 is 0 Å². The predicted octanol–water partition coefficient (Wildman–Crippen LogP) is 5.67. The number of aryl methyl sites for hydroxylation is 1. The van der Waals surface area contributed by atoms with Crippen molar-refractivity contribution in [1.82, 2.24) is 9.97 Å². The fourth-order valence-electron chi connectivity index (χ4n) is 3.27. The summed E-state index contributed by atoms with van der Waals surface area (Å²) >= 11 is 0. The molecule has 2 aromatic carbocycles. The van der Waals surface area contributed by atoms with E-state index in [1.165, 1.54) is 18.2 Å². The number of aromatic amines is 1. The second kappa shape index (κ2) is 8.74. The van der Waals surface area contributed by atoms with Gasteiger partial charge < -0.3 is 10.3 Å². The molecule has 33 heavy (non-hydrogen) atoms. The smallest absolute Gasteiger partial charge is 0.322 e. The summed E-state index contributed by atoms with van der Waals surface area (Å²) in [6.45, 7) is 1.89. The number of hydrogen-bond acceptors (Lipinski definition) is 3. The summed E-state index contributed by atoms with van der Waals surface area (Å²) in [5.41, 5.74) is 2.29. The zero-order chi connectivity index (χ0) is 23.6. The highest BCUT2D eigenvalue weighted by molar-refractivity contribution is 6.04. The van der Waals surface area contributed by atoms with E-state index in [-0.39, 0.29) is 11.2 Å². The number of nitrogens with zero attached hydrogens (tertiary/aromatic N) is 1. The molecule has 0 saturated carbocycles. The van der Waals surface area contributed by atoms with E-state index in [2.05, 4.69) is 15.3 Å². The van der Waals surface area contributed by atoms with Crippen LogP contribution in [0.15, 0.2) is 71.7 Å². The number of alkyl halides is 3. The molecule has 0 unspecified atom stereocenters. The SMILES string of the molecule is Cc1ccc(C(=O)Nc2cccc(C(F)(F)F)c2)cc1/C=C/c1cnc2[nH]c(=O)ccc2c1. The predicted molar refractivity (Wildman–Crippen MR) is 122 cm³/mol. The van der Waals surface area contributed by atoms with Gasteiger partial charge in [-0.2, -0.15) is 13.2 Å². The van der Waals surface area contributed by atoms with Crippen LogP contribution in [0.1, 0.15) is 32.6 Å². The summed E-state index contributed by atoms with van der Waals surface area (Å²) in [5.74, 6) is -0.514. The Morgan fingerprint density at radius 1 is 1.03 bits per heavy atom. The van der Waals surface area contributed by atoms with Gasteiger partial charge >= 0.3 is 6.18 Å². The number of fused-ring (bicyclic) bond motifs is 1. The lowest BCUT2D eigenvalue weighted by Gasteiger charge is -2.11. The third-order valence-corrected chi connectivity index (χ3v) is 5.04. The Morgan fingerprint density at radius 3 is 2.64 bits per heavy atom. The molecule has 0 aliphatic heterocycles. The highest BCUT2D eigenvalue weighted by Crippen LogP contribution is 2.30. The highest BCUT2D eigenvalue weighted by atomic mass is 19.4. The van der Waals surface area contributed by atoms with Crippen LogP contribution in [0.3, 0.4) is 0 Å². The summed E-state index contributed by atoms with van der Waals surface area (Å²) in [6, 6.07) is 14.5. The molecule has 0 radical (unpaired) electrons. The van der Waals surface area contributed by atoms with Crippen molar-refractivity contribution in [2.75, 3.05) is 5.32 Å². The van der Waals surface area contributed by atoms with Crippen molar-refractivity contribution in [2.24, 2.45) is 0 Å². The average Bonchev–Trinajstić information content (AvgIpc) is 2.78. The van der Waals surface area contributed by atoms with E-state index in [1.807, 2.05) is 25.1 Å². The van der Waals surface area contributed by atoms with Gasteiger partial charge in [0.25, 0.3) is 5.91 Å². The Kier molecular flexibility index (Phi) is 5.83. The number of rotatable bonds is 4. The maximum Gasteiger partial charge on any atom is 0.416 e. The number of pyridine rings is 2. The maximum atomic E-state index is 12.9. The Hall–Kier alpha value is -4.20. The second-order valence-electron chi connectivity index (χ2n) is 7.47. The number of carbonyl (C=O) groups excluding carboxylic acids is 1. The number of halogens is 3. The summed E-state index contributed by atoms with van der Waals surface area (Å²) < 4.78 is 38.7. The lowest BCUT2D eigenvalue weighted by Crippen LogP contribution is -2.13. The topological polar surface area (TPSA) is 74.8 Å². The molecule has 4 aromatic rings. The van der Waals surface area contributed by atoms with Crippen LogP contribution in [0.2, 0.25) is 0 Å². The first-order valence-electron chi connectivity index (χ1n) is 9.95. The second-order valence-corrected chi connectivity index (χ2v) is 7.47. The number of hydrogen-bond donors (Lipinski definition) is 2. The number of benzene rings is 2. The van der Waals surface area contributed by atoms with Gasteiger partial charge in [-0.15, -0.1) is 0 Å². The Labute approximate surface area is 186 Å². The van der Waals surface area contributed by atoms with E-state index in [1.54, 1.807) is 30.5 Å². The molecule has 166 valence electrons. The molecule has 0 bridgehead atoms. The van der Waals surface area contributed by atoms with Crippen LogP contribution in [0, 0.1) is 6.92 Å². The summed E-state index contributed by atoms with van der Waals surface area (Å²) in [4.78, 5) is 30.9. The first-order chi connectivity index (χ1) is 15.7. The van der Waals surface area contributed by atoms with Gasteiger partial charge in [0.1, 0.15) is 5.65 Å². The first-order valence-corrected chi connectivity index (χ1v) is 9.95. The number of aromatic nitrogens is 2. The molecule has 8 heteroatoms. The molecule has 1 amide bonds. The number of H-pyrrole nitrogens is 1. The van der Waals surface area contributed by atoms with E-state index in [9.17, 15) is 22.8 Å². The Balaban J connectivity index is 1.56. The van der Waals surface area contributed by atoms with Crippen LogP contribution in [-0.2, 0) is 6.18 Å². The molecule has 0 saturated heterocycles. The van der Waals surface area contributed by atoms with Crippen molar-refractivity contribution in [3.63, 3.8) is 0 Å². The van der Waals surface area contributed by atoms with Crippen molar-refractivity contribution in [2.45, 2.75) is 13.1 Å². The van der Waals surface area contributed by atoms with Crippen molar-refractivity contribution in [1.29, 1.82) is 0 Å². The molecule has 0 atom stereocenters. The van der Waals surface area contributed by atoms with Crippen molar-refractivity contribution >= 4 is 34.8 Å². The minimum absolute atomic E-state index is 0.0628. The Morgan fingerprint density at radius 2 is 1.85 bits per heavy atom. The van der Waals surface area contributed by atoms with Gasteiger partial charge in [0.2, 0.25) is 5.56 Å². The van der Waals surface area contributed by atoms with Gasteiger partial charge in [0, 0.05) is 28.9 Å². The van der Waals surface area contributed by atoms with Crippen molar-refractivity contribution in [3.05, 3.63) is 105 Å². The molecule has 2 heterocycles. The fraction of sp³-hybridized carbons (Fsp3) is 0.0800. The largest absolute Gasteiger partial charge is 0.416 e. The number of carbonyl (C=O) groups is 1. The summed E-state index contributed by atoms with van der Waals surface area (Å²) in [7, 11) is 0. The number of nitrogens with one attached hydrogen (secondary N) is 2. The average molecular weight is 449 g/mol. The summed E-state index contributed by atoms with van der Waals surface area (Å²) in [6.07, 6.45) is 0.781. The third-order valence-electron chi connectivity index (χ3n) is 5.04. The minimum atomic E-state index is -4.49. The highest BCUT2D eigenvalue weighted by Gasteiger charge is 2.30. The van der Waals surface area contributed by atoms with E-state index >= 15 is 0 Å². The van der Waals surface area contributed by atoms with E-state index < -0.39 is 17.6 Å². The van der Waals surface area contributed by atoms with Gasteiger partial charge in [0.05, 0.1) is 5.56 Å². The van der Waals surface area contributed by atoms with Gasteiger partial charge in [-0.1, -0.05) is 24.3 Å². The van der Waals surface area contributed by atoms with Gasteiger partial charge in [-0.25, -0.2) is 4.98 Å². The molecular weight excluding hydrogens is 431 g/mol. The van der Waals surface area contributed by atoms with Gasteiger partial charge in [0.15, 0.2) is 0 Å². The van der Waals surface area contributed by atoms with Crippen LogP contribution < -0.4 is 10.9 Å². The van der Waals surface area contributed by atoms with Gasteiger partial charge in [-0.3, -0.25) is 9.59 Å². The zero-order valence-electron chi connectivity index (χ0n) is 17.4.